The average Bonchev–Trinajstić information content (AvgIpc) is 2.41. The minimum atomic E-state index is 0.720. The van der Waals surface area contributed by atoms with E-state index in [9.17, 15) is 0 Å². The molecule has 88 valence electrons. The molecule has 18 heavy (non-hydrogen) atoms. The van der Waals surface area contributed by atoms with Crippen LogP contribution in [0.15, 0.2) is 48.9 Å². The maximum absolute atomic E-state index is 5.80. The lowest BCUT2D eigenvalue weighted by Crippen LogP contribution is -1.93. The molecule has 1 aromatic carbocycles. The van der Waals surface area contributed by atoms with E-state index < -0.39 is 0 Å². The van der Waals surface area contributed by atoms with Crippen LogP contribution in [0.5, 0.6) is 0 Å². The van der Waals surface area contributed by atoms with Crippen molar-refractivity contribution in [3.05, 3.63) is 54.5 Å². The summed E-state index contributed by atoms with van der Waals surface area (Å²) >= 11 is 0. The van der Waals surface area contributed by atoms with Gasteiger partial charge in [-0.1, -0.05) is 18.2 Å². The number of pyridine rings is 2. The van der Waals surface area contributed by atoms with Gasteiger partial charge in [0.2, 0.25) is 0 Å². The van der Waals surface area contributed by atoms with Gasteiger partial charge in [-0.15, -0.1) is 0 Å². The van der Waals surface area contributed by atoms with E-state index in [1.54, 1.807) is 12.4 Å². The normalized spacial score (nSPS) is 10.7. The summed E-state index contributed by atoms with van der Waals surface area (Å²) in [6, 6.07) is 10.2. The van der Waals surface area contributed by atoms with Crippen LogP contribution in [0.4, 0.5) is 5.69 Å². The predicted octanol–water partition coefficient (Wildman–Crippen LogP) is 3.19. The second-order valence-corrected chi connectivity index (χ2v) is 4.33. The molecule has 2 aromatic heterocycles. The van der Waals surface area contributed by atoms with Gasteiger partial charge in [0.15, 0.2) is 0 Å². The van der Waals surface area contributed by atoms with Crippen molar-refractivity contribution < 1.29 is 0 Å². The number of aryl methyl sites for hydroxylation is 1. The van der Waals surface area contributed by atoms with Gasteiger partial charge in [0.05, 0.1) is 17.6 Å². The molecule has 2 N–H and O–H groups in total. The highest BCUT2D eigenvalue weighted by Crippen LogP contribution is 2.27. The van der Waals surface area contributed by atoms with Crippen LogP contribution in [-0.2, 0) is 0 Å². The molecule has 0 amide bonds. The molecule has 0 aliphatic heterocycles. The zero-order valence-corrected chi connectivity index (χ0v) is 10.1. The minimum absolute atomic E-state index is 0.720. The molecule has 0 unspecified atom stereocenters. The van der Waals surface area contributed by atoms with Gasteiger partial charge in [-0.25, -0.2) is 0 Å². The molecule has 0 spiro atoms. The van der Waals surface area contributed by atoms with Crippen LogP contribution in [0.2, 0.25) is 0 Å². The lowest BCUT2D eigenvalue weighted by atomic mass is 10.0. The Balaban J connectivity index is 2.28. The first-order valence-corrected chi connectivity index (χ1v) is 5.81. The number of rotatable bonds is 1. The van der Waals surface area contributed by atoms with Crippen molar-refractivity contribution in [1.82, 2.24) is 9.97 Å². The number of benzene rings is 1. The Morgan fingerprint density at radius 1 is 1.11 bits per heavy atom. The van der Waals surface area contributed by atoms with Crippen LogP contribution in [0.1, 0.15) is 5.56 Å². The van der Waals surface area contributed by atoms with Gasteiger partial charge in [-0.3, -0.25) is 9.97 Å². The highest BCUT2D eigenvalue weighted by Gasteiger charge is 2.06. The number of anilines is 1. The third kappa shape index (κ3) is 1.70. The van der Waals surface area contributed by atoms with E-state index >= 15 is 0 Å². The van der Waals surface area contributed by atoms with Gasteiger partial charge in [0.1, 0.15) is 0 Å². The maximum atomic E-state index is 5.80. The highest BCUT2D eigenvalue weighted by molar-refractivity contribution is 5.95. The van der Waals surface area contributed by atoms with Gasteiger partial charge in [0.25, 0.3) is 0 Å². The van der Waals surface area contributed by atoms with Crippen molar-refractivity contribution >= 4 is 16.5 Å². The lowest BCUT2D eigenvalue weighted by molar-refractivity contribution is 1.29. The van der Waals surface area contributed by atoms with Gasteiger partial charge in [0, 0.05) is 23.3 Å². The average molecular weight is 235 g/mol. The molecule has 0 fully saturated rings. The molecule has 0 saturated carbocycles. The minimum Gasteiger partial charge on any atom is -0.397 e. The summed E-state index contributed by atoms with van der Waals surface area (Å²) in [5.74, 6) is 0. The standard InChI is InChI=1S/C15H13N3/c1-10-7-15(18-9-14(10)16)12-4-2-3-11-5-6-17-8-13(11)12/h2-9H,16H2,1H3. The van der Waals surface area contributed by atoms with E-state index in [4.69, 9.17) is 5.73 Å². The predicted molar refractivity (Wildman–Crippen MR) is 74.1 cm³/mol. The lowest BCUT2D eigenvalue weighted by Gasteiger charge is -2.07. The number of nitrogens with two attached hydrogens (primary N) is 1. The fourth-order valence-corrected chi connectivity index (χ4v) is 2.05. The van der Waals surface area contributed by atoms with Gasteiger partial charge < -0.3 is 5.73 Å². The second kappa shape index (κ2) is 4.11. The quantitative estimate of drug-likeness (QED) is 0.704. The van der Waals surface area contributed by atoms with E-state index in [0.29, 0.717) is 0 Å². The Kier molecular flexibility index (Phi) is 2.45. The van der Waals surface area contributed by atoms with Crippen molar-refractivity contribution in [3.8, 4) is 11.3 Å². The third-order valence-corrected chi connectivity index (χ3v) is 3.11. The zero-order valence-electron chi connectivity index (χ0n) is 10.1. The Morgan fingerprint density at radius 2 is 2.00 bits per heavy atom. The summed E-state index contributed by atoms with van der Waals surface area (Å²) in [6.07, 6.45) is 5.38. The van der Waals surface area contributed by atoms with E-state index in [2.05, 4.69) is 22.1 Å². The first-order chi connectivity index (χ1) is 8.75. The molecule has 3 rings (SSSR count). The van der Waals surface area contributed by atoms with Crippen LogP contribution in [0.25, 0.3) is 22.0 Å². The van der Waals surface area contributed by atoms with Crippen LogP contribution >= 0.6 is 0 Å². The SMILES string of the molecule is Cc1cc(-c2cccc3ccncc23)ncc1N. The Morgan fingerprint density at radius 3 is 2.83 bits per heavy atom. The molecule has 0 atom stereocenters. The zero-order chi connectivity index (χ0) is 12.5. The molecule has 0 saturated heterocycles. The fourth-order valence-electron chi connectivity index (χ4n) is 2.05. The van der Waals surface area contributed by atoms with Crippen LogP contribution in [-0.4, -0.2) is 9.97 Å². The Hall–Kier alpha value is -2.42. The van der Waals surface area contributed by atoms with E-state index in [-0.39, 0.29) is 0 Å². The highest BCUT2D eigenvalue weighted by atomic mass is 14.7. The maximum Gasteiger partial charge on any atom is 0.0713 e. The van der Waals surface area contributed by atoms with Crippen molar-refractivity contribution in [3.63, 3.8) is 0 Å². The number of nitrogen functional groups attached to an aromatic ring is 1. The molecule has 0 aliphatic rings. The van der Waals surface area contributed by atoms with Gasteiger partial charge in [-0.05, 0) is 30.0 Å². The molecule has 3 nitrogen and oxygen atoms in total. The molecule has 3 heteroatoms. The number of hydrogen-bond donors (Lipinski definition) is 1. The molecule has 0 aliphatic carbocycles. The van der Waals surface area contributed by atoms with Gasteiger partial charge in [-0.2, -0.15) is 0 Å². The third-order valence-electron chi connectivity index (χ3n) is 3.11. The van der Waals surface area contributed by atoms with Crippen LogP contribution in [0.3, 0.4) is 0 Å². The molecular formula is C15H13N3. The van der Waals surface area contributed by atoms with Crippen molar-refractivity contribution in [2.75, 3.05) is 5.73 Å². The van der Waals surface area contributed by atoms with Crippen LogP contribution in [0, 0.1) is 6.92 Å². The van der Waals surface area contributed by atoms with E-state index in [1.807, 2.05) is 31.3 Å². The van der Waals surface area contributed by atoms with Gasteiger partial charge >= 0.3 is 0 Å². The monoisotopic (exact) mass is 235 g/mol. The molecule has 3 aromatic rings. The van der Waals surface area contributed by atoms with Crippen molar-refractivity contribution in [1.29, 1.82) is 0 Å². The number of aromatic nitrogens is 2. The Bertz CT molecular complexity index is 715. The summed E-state index contributed by atoms with van der Waals surface area (Å²) in [7, 11) is 0. The van der Waals surface area contributed by atoms with Crippen molar-refractivity contribution in [2.45, 2.75) is 6.92 Å². The van der Waals surface area contributed by atoms with Crippen LogP contribution < -0.4 is 5.73 Å². The Labute approximate surface area is 105 Å². The molecule has 0 radical (unpaired) electrons. The topological polar surface area (TPSA) is 51.8 Å². The fraction of sp³-hybridized carbons (Fsp3) is 0.0667. The number of fused-ring (bicyclic) bond motifs is 1. The summed E-state index contributed by atoms with van der Waals surface area (Å²) in [4.78, 5) is 8.59. The molecular weight excluding hydrogens is 222 g/mol. The summed E-state index contributed by atoms with van der Waals surface area (Å²) in [6.45, 7) is 1.99. The summed E-state index contributed by atoms with van der Waals surface area (Å²) < 4.78 is 0. The molecule has 0 bridgehead atoms. The smallest absolute Gasteiger partial charge is 0.0713 e. The largest absolute Gasteiger partial charge is 0.397 e. The first-order valence-electron chi connectivity index (χ1n) is 5.81. The van der Waals surface area contributed by atoms with E-state index in [0.717, 1.165) is 27.9 Å². The number of hydrogen-bond acceptors (Lipinski definition) is 3. The first kappa shape index (κ1) is 10.7. The summed E-state index contributed by atoms with van der Waals surface area (Å²) in [5, 5.41) is 2.27. The van der Waals surface area contributed by atoms with Crippen molar-refractivity contribution in [2.24, 2.45) is 0 Å². The molecule has 2 heterocycles. The summed E-state index contributed by atoms with van der Waals surface area (Å²) in [5.41, 5.74) is 9.58. The van der Waals surface area contributed by atoms with E-state index in [1.165, 1.54) is 5.39 Å². The number of nitrogens with zero attached hydrogens (tertiary/aromatic N) is 2. The second-order valence-electron chi connectivity index (χ2n) is 4.33.